The molecule has 2 heterocycles. The Morgan fingerprint density at radius 2 is 1.65 bits per heavy atom. The molecule has 0 aromatic heterocycles. The molecule has 0 N–H and O–H groups in total. The van der Waals surface area contributed by atoms with Crippen molar-refractivity contribution in [3.05, 3.63) is 0 Å². The van der Waals surface area contributed by atoms with Crippen LogP contribution in [0.25, 0.3) is 0 Å². The third-order valence-electron chi connectivity index (χ3n) is 3.41. The van der Waals surface area contributed by atoms with Crippen LogP contribution in [0, 0.1) is 11.8 Å². The Morgan fingerprint density at radius 1 is 1.06 bits per heavy atom. The van der Waals surface area contributed by atoms with E-state index in [1.54, 1.807) is 11.8 Å². The van der Waals surface area contributed by atoms with Gasteiger partial charge in [-0.2, -0.15) is 0 Å². The largest absolute Gasteiger partial charge is 0.342 e. The zero-order valence-electron chi connectivity index (χ0n) is 11.4. The van der Waals surface area contributed by atoms with Gasteiger partial charge in [0.1, 0.15) is 0 Å². The van der Waals surface area contributed by atoms with Gasteiger partial charge >= 0.3 is 0 Å². The second-order valence-electron chi connectivity index (χ2n) is 4.80. The topological polar surface area (TPSA) is 40.6 Å². The van der Waals surface area contributed by atoms with Crippen molar-refractivity contribution in [3.8, 4) is 0 Å². The Morgan fingerprint density at radius 3 is 2.06 bits per heavy atom. The SMILES string of the molecule is CC.CC(=O)N1CC(C(=O)N2CCC(C)C2)C1. The minimum Gasteiger partial charge on any atom is -0.342 e. The first-order chi connectivity index (χ1) is 8.08. The van der Waals surface area contributed by atoms with Crippen LogP contribution in [0.15, 0.2) is 0 Å². The molecule has 0 aromatic carbocycles. The van der Waals surface area contributed by atoms with Gasteiger partial charge in [-0.25, -0.2) is 0 Å². The van der Waals surface area contributed by atoms with Gasteiger partial charge in [-0.1, -0.05) is 20.8 Å². The Hall–Kier alpha value is -1.06. The maximum absolute atomic E-state index is 11.9. The van der Waals surface area contributed by atoms with Crippen LogP contribution in [0.5, 0.6) is 0 Å². The second kappa shape index (κ2) is 6.03. The molecule has 2 fully saturated rings. The molecule has 2 aliphatic heterocycles. The van der Waals surface area contributed by atoms with Crippen LogP contribution < -0.4 is 0 Å². The summed E-state index contributed by atoms with van der Waals surface area (Å²) >= 11 is 0. The zero-order valence-corrected chi connectivity index (χ0v) is 11.4. The van der Waals surface area contributed by atoms with Gasteiger partial charge in [-0.05, 0) is 12.3 Å². The fourth-order valence-corrected chi connectivity index (χ4v) is 2.29. The molecule has 0 aromatic rings. The summed E-state index contributed by atoms with van der Waals surface area (Å²) in [6.07, 6.45) is 1.12. The predicted molar refractivity (Wildman–Crippen MR) is 67.5 cm³/mol. The van der Waals surface area contributed by atoms with Gasteiger partial charge in [-0.3, -0.25) is 9.59 Å². The monoisotopic (exact) mass is 240 g/mol. The van der Waals surface area contributed by atoms with Gasteiger partial charge in [0, 0.05) is 33.1 Å². The van der Waals surface area contributed by atoms with E-state index in [1.165, 1.54) is 0 Å². The van der Waals surface area contributed by atoms with Crippen molar-refractivity contribution in [2.45, 2.75) is 34.1 Å². The lowest BCUT2D eigenvalue weighted by atomic mass is 9.98. The van der Waals surface area contributed by atoms with Crippen LogP contribution in [-0.2, 0) is 9.59 Å². The second-order valence-corrected chi connectivity index (χ2v) is 4.80. The average molecular weight is 240 g/mol. The van der Waals surface area contributed by atoms with Gasteiger partial charge in [0.15, 0.2) is 0 Å². The van der Waals surface area contributed by atoms with E-state index in [0.29, 0.717) is 19.0 Å². The van der Waals surface area contributed by atoms with E-state index in [0.717, 1.165) is 19.5 Å². The number of hydrogen-bond donors (Lipinski definition) is 0. The lowest BCUT2D eigenvalue weighted by Gasteiger charge is -2.39. The predicted octanol–water partition coefficient (Wildman–Crippen LogP) is 1.36. The average Bonchev–Trinajstić information content (AvgIpc) is 2.65. The maximum Gasteiger partial charge on any atom is 0.229 e. The summed E-state index contributed by atoms with van der Waals surface area (Å²) in [5, 5.41) is 0. The van der Waals surface area contributed by atoms with Gasteiger partial charge in [0.2, 0.25) is 11.8 Å². The van der Waals surface area contributed by atoms with Crippen molar-refractivity contribution < 1.29 is 9.59 Å². The molecule has 4 nitrogen and oxygen atoms in total. The first kappa shape index (κ1) is 14.0. The fourth-order valence-electron chi connectivity index (χ4n) is 2.29. The summed E-state index contributed by atoms with van der Waals surface area (Å²) in [6, 6.07) is 0. The molecule has 0 spiro atoms. The van der Waals surface area contributed by atoms with Crippen molar-refractivity contribution in [1.82, 2.24) is 9.80 Å². The van der Waals surface area contributed by atoms with E-state index in [1.807, 2.05) is 18.7 Å². The highest BCUT2D eigenvalue weighted by molar-refractivity contribution is 5.83. The molecule has 1 atom stereocenters. The molecule has 98 valence electrons. The first-order valence-corrected chi connectivity index (χ1v) is 6.62. The summed E-state index contributed by atoms with van der Waals surface area (Å²) in [5.74, 6) is 1.03. The molecule has 2 amide bonds. The molecular formula is C13H24N2O2. The number of likely N-dealkylation sites (tertiary alicyclic amines) is 2. The Bertz CT molecular complexity index is 285. The third kappa shape index (κ3) is 3.20. The maximum atomic E-state index is 11.9. The summed E-state index contributed by atoms with van der Waals surface area (Å²) in [5.41, 5.74) is 0. The van der Waals surface area contributed by atoms with Crippen molar-refractivity contribution in [1.29, 1.82) is 0 Å². The molecule has 0 saturated carbocycles. The Balaban J connectivity index is 0.000000686. The van der Waals surface area contributed by atoms with Crippen LogP contribution in [0.1, 0.15) is 34.1 Å². The molecule has 4 heteroatoms. The standard InChI is InChI=1S/C11H18N2O2.C2H6/c1-8-3-4-12(5-8)11(15)10-6-13(7-10)9(2)14;1-2/h8,10H,3-7H2,1-2H3;1-2H3. The Kier molecular flexibility index (Phi) is 4.97. The van der Waals surface area contributed by atoms with Gasteiger partial charge in [-0.15, -0.1) is 0 Å². The van der Waals surface area contributed by atoms with Gasteiger partial charge in [0.05, 0.1) is 5.92 Å². The number of carbonyl (C=O) groups is 2. The van der Waals surface area contributed by atoms with E-state index >= 15 is 0 Å². The Labute approximate surface area is 104 Å². The van der Waals surface area contributed by atoms with Crippen LogP contribution in [-0.4, -0.2) is 47.8 Å². The summed E-state index contributed by atoms with van der Waals surface area (Å²) in [4.78, 5) is 26.6. The molecular weight excluding hydrogens is 216 g/mol. The van der Waals surface area contributed by atoms with E-state index in [2.05, 4.69) is 6.92 Å². The molecule has 2 saturated heterocycles. The van der Waals surface area contributed by atoms with E-state index in [-0.39, 0.29) is 17.7 Å². The first-order valence-electron chi connectivity index (χ1n) is 6.62. The van der Waals surface area contributed by atoms with Crippen LogP contribution in [0.4, 0.5) is 0 Å². The van der Waals surface area contributed by atoms with E-state index < -0.39 is 0 Å². The quantitative estimate of drug-likeness (QED) is 0.694. The molecule has 1 unspecified atom stereocenters. The highest BCUT2D eigenvalue weighted by Crippen LogP contribution is 2.22. The highest BCUT2D eigenvalue weighted by Gasteiger charge is 2.37. The van der Waals surface area contributed by atoms with E-state index in [4.69, 9.17) is 0 Å². The minimum absolute atomic E-state index is 0.0687. The molecule has 17 heavy (non-hydrogen) atoms. The third-order valence-corrected chi connectivity index (χ3v) is 3.41. The lowest BCUT2D eigenvalue weighted by molar-refractivity contribution is -0.146. The minimum atomic E-state index is 0.0687. The van der Waals surface area contributed by atoms with Crippen molar-refractivity contribution in [2.24, 2.45) is 11.8 Å². The molecule has 0 aliphatic carbocycles. The smallest absolute Gasteiger partial charge is 0.229 e. The normalized spacial score (nSPS) is 23.9. The number of nitrogens with zero attached hydrogens (tertiary/aromatic N) is 2. The molecule has 2 rings (SSSR count). The van der Waals surface area contributed by atoms with Gasteiger partial charge < -0.3 is 9.80 Å². The fraction of sp³-hybridized carbons (Fsp3) is 0.846. The number of amides is 2. The summed E-state index contributed by atoms with van der Waals surface area (Å²) in [7, 11) is 0. The van der Waals surface area contributed by atoms with Crippen molar-refractivity contribution in [2.75, 3.05) is 26.2 Å². The number of hydrogen-bond acceptors (Lipinski definition) is 2. The number of rotatable bonds is 1. The highest BCUT2D eigenvalue weighted by atomic mass is 16.2. The molecule has 0 radical (unpaired) electrons. The van der Waals surface area contributed by atoms with Crippen LogP contribution in [0.3, 0.4) is 0 Å². The zero-order chi connectivity index (χ0) is 13.0. The van der Waals surface area contributed by atoms with E-state index in [9.17, 15) is 9.59 Å². The number of carbonyl (C=O) groups excluding carboxylic acids is 2. The van der Waals surface area contributed by atoms with Crippen molar-refractivity contribution >= 4 is 11.8 Å². The molecule has 0 bridgehead atoms. The summed E-state index contributed by atoms with van der Waals surface area (Å²) in [6.45, 7) is 10.8. The van der Waals surface area contributed by atoms with Crippen LogP contribution >= 0.6 is 0 Å². The van der Waals surface area contributed by atoms with Crippen molar-refractivity contribution in [3.63, 3.8) is 0 Å². The lowest BCUT2D eigenvalue weighted by Crippen LogP contribution is -2.55. The summed E-state index contributed by atoms with van der Waals surface area (Å²) < 4.78 is 0. The molecule has 2 aliphatic rings. The van der Waals surface area contributed by atoms with Gasteiger partial charge in [0.25, 0.3) is 0 Å². The van der Waals surface area contributed by atoms with Crippen LogP contribution in [0.2, 0.25) is 0 Å².